The summed E-state index contributed by atoms with van der Waals surface area (Å²) in [6.07, 6.45) is 1.67. The van der Waals surface area contributed by atoms with Gasteiger partial charge in [0.15, 0.2) is 0 Å². The van der Waals surface area contributed by atoms with Crippen molar-refractivity contribution < 1.29 is 9.53 Å². The van der Waals surface area contributed by atoms with E-state index < -0.39 is 0 Å². The summed E-state index contributed by atoms with van der Waals surface area (Å²) in [7, 11) is 0. The molecule has 0 saturated carbocycles. The molecule has 0 unspecified atom stereocenters. The second-order valence-electron chi connectivity index (χ2n) is 4.48. The number of hydrogen-bond donors (Lipinski definition) is 2. The van der Waals surface area contributed by atoms with Crippen LogP contribution in [0.4, 0.5) is 0 Å². The van der Waals surface area contributed by atoms with Crippen LogP contribution in [0.3, 0.4) is 0 Å². The van der Waals surface area contributed by atoms with E-state index in [1.165, 1.54) is 0 Å². The van der Waals surface area contributed by atoms with Crippen LogP contribution in [0.1, 0.15) is 28.4 Å². The van der Waals surface area contributed by atoms with E-state index in [1.807, 2.05) is 31.2 Å². The van der Waals surface area contributed by atoms with Gasteiger partial charge in [-0.3, -0.25) is 4.79 Å². The standard InChI is InChI=1S/C16H19N3O2/c1-2-21-16-14(4-3-9-18-16)11-19-15(20)13-7-5-12(10-17)6-8-13/h3-9H,2,10-11,17H2,1H3,(H,19,20). The number of aromatic nitrogens is 1. The maximum Gasteiger partial charge on any atom is 0.251 e. The lowest BCUT2D eigenvalue weighted by atomic mass is 10.1. The van der Waals surface area contributed by atoms with E-state index >= 15 is 0 Å². The van der Waals surface area contributed by atoms with E-state index in [9.17, 15) is 4.79 Å². The molecule has 21 heavy (non-hydrogen) atoms. The van der Waals surface area contributed by atoms with Crippen LogP contribution in [-0.4, -0.2) is 17.5 Å². The number of hydrogen-bond acceptors (Lipinski definition) is 4. The minimum Gasteiger partial charge on any atom is -0.478 e. The van der Waals surface area contributed by atoms with Crippen LogP contribution in [0.5, 0.6) is 5.88 Å². The monoisotopic (exact) mass is 285 g/mol. The number of nitrogens with two attached hydrogens (primary N) is 1. The van der Waals surface area contributed by atoms with Gasteiger partial charge in [0.2, 0.25) is 5.88 Å². The molecule has 0 saturated heterocycles. The third-order valence-corrected chi connectivity index (χ3v) is 3.02. The molecule has 2 rings (SSSR count). The highest BCUT2D eigenvalue weighted by Gasteiger charge is 2.08. The number of carbonyl (C=O) groups excluding carboxylic acids is 1. The van der Waals surface area contributed by atoms with Crippen molar-refractivity contribution in [2.24, 2.45) is 5.73 Å². The fourth-order valence-electron chi connectivity index (χ4n) is 1.90. The molecule has 0 atom stereocenters. The molecular formula is C16H19N3O2. The summed E-state index contributed by atoms with van der Waals surface area (Å²) >= 11 is 0. The zero-order valence-electron chi connectivity index (χ0n) is 12.0. The smallest absolute Gasteiger partial charge is 0.251 e. The fraction of sp³-hybridized carbons (Fsp3) is 0.250. The van der Waals surface area contributed by atoms with Gasteiger partial charge in [0.1, 0.15) is 0 Å². The van der Waals surface area contributed by atoms with E-state index in [0.29, 0.717) is 31.1 Å². The molecule has 1 amide bonds. The molecule has 0 aliphatic carbocycles. The third-order valence-electron chi connectivity index (χ3n) is 3.02. The Balaban J connectivity index is 2.00. The first kappa shape index (κ1) is 15.0. The Morgan fingerprint density at radius 1 is 1.29 bits per heavy atom. The van der Waals surface area contributed by atoms with Gasteiger partial charge in [0.25, 0.3) is 5.91 Å². The highest BCUT2D eigenvalue weighted by Crippen LogP contribution is 2.14. The molecule has 110 valence electrons. The largest absolute Gasteiger partial charge is 0.478 e. The van der Waals surface area contributed by atoms with Crippen molar-refractivity contribution >= 4 is 5.91 Å². The lowest BCUT2D eigenvalue weighted by Crippen LogP contribution is -2.23. The fourth-order valence-corrected chi connectivity index (χ4v) is 1.90. The minimum atomic E-state index is -0.134. The highest BCUT2D eigenvalue weighted by atomic mass is 16.5. The van der Waals surface area contributed by atoms with E-state index in [-0.39, 0.29) is 5.91 Å². The molecule has 5 heteroatoms. The van der Waals surface area contributed by atoms with Crippen molar-refractivity contribution in [3.8, 4) is 5.88 Å². The molecule has 0 spiro atoms. The Hall–Kier alpha value is -2.40. The van der Waals surface area contributed by atoms with Gasteiger partial charge in [-0.25, -0.2) is 4.98 Å². The van der Waals surface area contributed by atoms with Crippen LogP contribution < -0.4 is 15.8 Å². The van der Waals surface area contributed by atoms with Crippen molar-refractivity contribution in [1.82, 2.24) is 10.3 Å². The average molecular weight is 285 g/mol. The second-order valence-corrected chi connectivity index (χ2v) is 4.48. The van der Waals surface area contributed by atoms with Crippen molar-refractivity contribution in [2.75, 3.05) is 6.61 Å². The Bertz CT molecular complexity index is 597. The number of ether oxygens (including phenoxy) is 1. The van der Waals surface area contributed by atoms with Gasteiger partial charge in [-0.1, -0.05) is 18.2 Å². The summed E-state index contributed by atoms with van der Waals surface area (Å²) in [6, 6.07) is 10.9. The molecule has 3 N–H and O–H groups in total. The summed E-state index contributed by atoms with van der Waals surface area (Å²) in [5.41, 5.74) is 7.99. The van der Waals surface area contributed by atoms with Gasteiger partial charge in [0.05, 0.1) is 6.61 Å². The first-order valence-electron chi connectivity index (χ1n) is 6.88. The highest BCUT2D eigenvalue weighted by molar-refractivity contribution is 5.94. The van der Waals surface area contributed by atoms with Crippen molar-refractivity contribution in [3.63, 3.8) is 0 Å². The van der Waals surface area contributed by atoms with Crippen LogP contribution in [0.2, 0.25) is 0 Å². The van der Waals surface area contributed by atoms with Gasteiger partial charge >= 0.3 is 0 Å². The lowest BCUT2D eigenvalue weighted by Gasteiger charge is -2.10. The number of benzene rings is 1. The zero-order chi connectivity index (χ0) is 15.1. The third kappa shape index (κ3) is 4.03. The second kappa shape index (κ2) is 7.40. The summed E-state index contributed by atoms with van der Waals surface area (Å²) in [5.74, 6) is 0.420. The number of nitrogens with zero attached hydrogens (tertiary/aromatic N) is 1. The van der Waals surface area contributed by atoms with E-state index in [1.54, 1.807) is 18.3 Å². The maximum absolute atomic E-state index is 12.1. The molecule has 5 nitrogen and oxygen atoms in total. The van der Waals surface area contributed by atoms with Gasteiger partial charge in [-0.15, -0.1) is 0 Å². The van der Waals surface area contributed by atoms with Crippen LogP contribution in [0, 0.1) is 0 Å². The first-order chi connectivity index (χ1) is 10.2. The van der Waals surface area contributed by atoms with Gasteiger partial charge < -0.3 is 15.8 Å². The minimum absolute atomic E-state index is 0.134. The van der Waals surface area contributed by atoms with Crippen LogP contribution >= 0.6 is 0 Å². The number of amides is 1. The SMILES string of the molecule is CCOc1ncccc1CNC(=O)c1ccc(CN)cc1. The Morgan fingerprint density at radius 3 is 2.71 bits per heavy atom. The number of nitrogens with one attached hydrogen (secondary N) is 1. The van der Waals surface area contributed by atoms with Gasteiger partial charge in [0, 0.05) is 30.4 Å². The maximum atomic E-state index is 12.1. The molecular weight excluding hydrogens is 266 g/mol. The van der Waals surface area contributed by atoms with E-state index in [4.69, 9.17) is 10.5 Å². The molecule has 0 bridgehead atoms. The van der Waals surface area contributed by atoms with Crippen molar-refractivity contribution in [3.05, 3.63) is 59.3 Å². The lowest BCUT2D eigenvalue weighted by molar-refractivity contribution is 0.0950. The number of rotatable bonds is 6. The Morgan fingerprint density at radius 2 is 2.05 bits per heavy atom. The average Bonchev–Trinajstić information content (AvgIpc) is 2.54. The molecule has 1 aromatic heterocycles. The predicted molar refractivity (Wildman–Crippen MR) is 80.9 cm³/mol. The van der Waals surface area contributed by atoms with Crippen LogP contribution in [0.15, 0.2) is 42.6 Å². The molecule has 0 aliphatic heterocycles. The first-order valence-corrected chi connectivity index (χ1v) is 6.88. The van der Waals surface area contributed by atoms with Crippen LogP contribution in [-0.2, 0) is 13.1 Å². The normalized spacial score (nSPS) is 10.2. The number of pyridine rings is 1. The predicted octanol–water partition coefficient (Wildman–Crippen LogP) is 1.87. The quantitative estimate of drug-likeness (QED) is 0.849. The molecule has 0 fully saturated rings. The summed E-state index contributed by atoms with van der Waals surface area (Å²) in [6.45, 7) is 3.28. The molecule has 1 aromatic carbocycles. The van der Waals surface area contributed by atoms with Crippen LogP contribution in [0.25, 0.3) is 0 Å². The van der Waals surface area contributed by atoms with Crippen molar-refractivity contribution in [2.45, 2.75) is 20.0 Å². The van der Waals surface area contributed by atoms with Crippen molar-refractivity contribution in [1.29, 1.82) is 0 Å². The molecule has 1 heterocycles. The Labute approximate surface area is 124 Å². The summed E-state index contributed by atoms with van der Waals surface area (Å²) < 4.78 is 5.43. The number of carbonyl (C=O) groups is 1. The summed E-state index contributed by atoms with van der Waals surface area (Å²) in [5, 5.41) is 2.86. The summed E-state index contributed by atoms with van der Waals surface area (Å²) in [4.78, 5) is 16.2. The Kier molecular flexibility index (Phi) is 5.29. The zero-order valence-corrected chi connectivity index (χ0v) is 12.0. The van der Waals surface area contributed by atoms with Gasteiger partial charge in [-0.05, 0) is 30.7 Å². The van der Waals surface area contributed by atoms with E-state index in [2.05, 4.69) is 10.3 Å². The van der Waals surface area contributed by atoms with Gasteiger partial charge in [-0.2, -0.15) is 0 Å². The topological polar surface area (TPSA) is 77.2 Å². The molecule has 0 radical (unpaired) electrons. The van der Waals surface area contributed by atoms with E-state index in [0.717, 1.165) is 11.1 Å². The molecule has 0 aliphatic rings. The molecule has 2 aromatic rings.